The number of amides is 2. The second-order valence-corrected chi connectivity index (χ2v) is 6.17. The number of hydrogen-bond acceptors (Lipinski definition) is 3. The minimum Gasteiger partial charge on any atom is -0.381 e. The number of benzene rings is 1. The molecule has 2 aromatic rings. The van der Waals surface area contributed by atoms with Gasteiger partial charge in [-0.05, 0) is 30.3 Å². The average molecular weight is 348 g/mol. The molecule has 1 fully saturated rings. The minimum atomic E-state index is -1.10. The van der Waals surface area contributed by atoms with Crippen LogP contribution in [0.25, 0.3) is 5.69 Å². The van der Waals surface area contributed by atoms with Crippen LogP contribution in [0.5, 0.6) is 0 Å². The van der Waals surface area contributed by atoms with Crippen molar-refractivity contribution in [1.29, 1.82) is 0 Å². The summed E-state index contributed by atoms with van der Waals surface area (Å²) in [7, 11) is 0. The highest BCUT2D eigenvalue weighted by molar-refractivity contribution is 6.34. The van der Waals surface area contributed by atoms with Crippen molar-refractivity contribution < 1.29 is 14.3 Å². The highest BCUT2D eigenvalue weighted by atomic mass is 35.5. The molecule has 0 saturated carbocycles. The maximum atomic E-state index is 12.7. The number of primary amides is 1. The van der Waals surface area contributed by atoms with Crippen LogP contribution in [0.3, 0.4) is 0 Å². The summed E-state index contributed by atoms with van der Waals surface area (Å²) >= 11 is 6.18. The van der Waals surface area contributed by atoms with Gasteiger partial charge in [0.05, 0.1) is 10.6 Å². The van der Waals surface area contributed by atoms with E-state index in [2.05, 4.69) is 5.32 Å². The number of carbonyl (C=O) groups excluding carboxylic acids is 2. The topological polar surface area (TPSA) is 86.4 Å². The number of nitrogens with two attached hydrogens (primary N) is 1. The summed E-state index contributed by atoms with van der Waals surface area (Å²) in [5.74, 6) is -0.980. The largest absolute Gasteiger partial charge is 0.381 e. The van der Waals surface area contributed by atoms with Gasteiger partial charge in [0.15, 0.2) is 0 Å². The number of ether oxygens (including phenoxy) is 1. The Balaban J connectivity index is 1.89. The molecule has 7 heteroatoms. The number of halogens is 1. The molecule has 126 valence electrons. The van der Waals surface area contributed by atoms with Gasteiger partial charge in [0.1, 0.15) is 5.54 Å². The first-order chi connectivity index (χ1) is 11.5. The highest BCUT2D eigenvalue weighted by Crippen LogP contribution is 2.24. The van der Waals surface area contributed by atoms with Gasteiger partial charge in [-0.1, -0.05) is 11.6 Å². The second kappa shape index (κ2) is 6.67. The lowest BCUT2D eigenvalue weighted by molar-refractivity contribution is -0.127. The zero-order valence-electron chi connectivity index (χ0n) is 13.0. The molecule has 2 heterocycles. The predicted molar refractivity (Wildman–Crippen MR) is 90.2 cm³/mol. The molecule has 3 N–H and O–H groups in total. The van der Waals surface area contributed by atoms with Gasteiger partial charge < -0.3 is 20.4 Å². The van der Waals surface area contributed by atoms with Gasteiger partial charge in [-0.3, -0.25) is 9.59 Å². The Labute approximate surface area is 144 Å². The monoisotopic (exact) mass is 347 g/mol. The molecule has 3 rings (SSSR count). The fourth-order valence-electron chi connectivity index (χ4n) is 2.79. The van der Waals surface area contributed by atoms with Crippen molar-refractivity contribution in [1.82, 2.24) is 9.88 Å². The van der Waals surface area contributed by atoms with Crippen LogP contribution in [0.1, 0.15) is 23.2 Å². The summed E-state index contributed by atoms with van der Waals surface area (Å²) < 4.78 is 7.13. The lowest BCUT2D eigenvalue weighted by Gasteiger charge is -2.35. The molecule has 0 aliphatic carbocycles. The lowest BCUT2D eigenvalue weighted by Crippen LogP contribution is -2.60. The predicted octanol–water partition coefficient (Wildman–Crippen LogP) is 1.89. The molecule has 0 unspecified atom stereocenters. The molecule has 0 bridgehead atoms. The van der Waals surface area contributed by atoms with E-state index in [-0.39, 0.29) is 0 Å². The molecule has 24 heavy (non-hydrogen) atoms. The number of carbonyl (C=O) groups is 2. The summed E-state index contributed by atoms with van der Waals surface area (Å²) in [6.07, 6.45) is 4.44. The van der Waals surface area contributed by atoms with Gasteiger partial charge in [0.25, 0.3) is 5.91 Å². The van der Waals surface area contributed by atoms with Gasteiger partial charge in [-0.2, -0.15) is 0 Å². The first-order valence-corrected chi connectivity index (χ1v) is 8.03. The SMILES string of the molecule is NC(=O)C1(NC(=O)c2cc(-n3cccc3)ccc2Cl)CCOCC1. The van der Waals surface area contributed by atoms with Crippen molar-refractivity contribution >= 4 is 23.4 Å². The van der Waals surface area contributed by atoms with E-state index in [1.165, 1.54) is 0 Å². The van der Waals surface area contributed by atoms with E-state index in [0.717, 1.165) is 5.69 Å². The van der Waals surface area contributed by atoms with E-state index in [1.54, 1.807) is 12.1 Å². The van der Waals surface area contributed by atoms with Gasteiger partial charge in [-0.15, -0.1) is 0 Å². The maximum absolute atomic E-state index is 12.7. The van der Waals surface area contributed by atoms with Crippen molar-refractivity contribution in [2.24, 2.45) is 5.73 Å². The Hall–Kier alpha value is -2.31. The minimum absolute atomic E-state index is 0.301. The summed E-state index contributed by atoms with van der Waals surface area (Å²) in [6.45, 7) is 0.751. The Morgan fingerprint density at radius 3 is 2.50 bits per heavy atom. The number of aromatic nitrogens is 1. The highest BCUT2D eigenvalue weighted by Gasteiger charge is 2.40. The molecule has 0 atom stereocenters. The van der Waals surface area contributed by atoms with Crippen molar-refractivity contribution in [2.75, 3.05) is 13.2 Å². The van der Waals surface area contributed by atoms with Crippen molar-refractivity contribution in [2.45, 2.75) is 18.4 Å². The fraction of sp³-hybridized carbons (Fsp3) is 0.294. The fourth-order valence-corrected chi connectivity index (χ4v) is 3.00. The van der Waals surface area contributed by atoms with Crippen LogP contribution in [0.4, 0.5) is 0 Å². The first-order valence-electron chi connectivity index (χ1n) is 7.65. The summed E-state index contributed by atoms with van der Waals surface area (Å²) in [5, 5.41) is 3.09. The molecule has 1 aliphatic rings. The third-order valence-corrected chi connectivity index (χ3v) is 4.60. The van der Waals surface area contributed by atoms with E-state index in [4.69, 9.17) is 22.1 Å². The second-order valence-electron chi connectivity index (χ2n) is 5.77. The van der Waals surface area contributed by atoms with E-state index >= 15 is 0 Å². The molecule has 0 radical (unpaired) electrons. The smallest absolute Gasteiger partial charge is 0.253 e. The zero-order chi connectivity index (χ0) is 17.2. The molecule has 1 aliphatic heterocycles. The van der Waals surface area contributed by atoms with Crippen LogP contribution < -0.4 is 11.1 Å². The summed E-state index contributed by atoms with van der Waals surface area (Å²) in [4.78, 5) is 24.6. The molecule has 1 aromatic carbocycles. The Morgan fingerprint density at radius 2 is 1.88 bits per heavy atom. The van der Waals surface area contributed by atoms with Crippen LogP contribution in [-0.2, 0) is 9.53 Å². The van der Waals surface area contributed by atoms with Crippen LogP contribution in [0.15, 0.2) is 42.7 Å². The van der Waals surface area contributed by atoms with Gasteiger partial charge in [0, 0.05) is 44.1 Å². The third kappa shape index (κ3) is 3.16. The number of nitrogens with one attached hydrogen (secondary N) is 1. The number of rotatable bonds is 4. The van der Waals surface area contributed by atoms with E-state index in [9.17, 15) is 9.59 Å². The van der Waals surface area contributed by atoms with Gasteiger partial charge in [-0.25, -0.2) is 0 Å². The Morgan fingerprint density at radius 1 is 1.21 bits per heavy atom. The average Bonchev–Trinajstić information content (AvgIpc) is 3.10. The number of hydrogen-bond donors (Lipinski definition) is 2. The van der Waals surface area contributed by atoms with Gasteiger partial charge >= 0.3 is 0 Å². The van der Waals surface area contributed by atoms with Crippen molar-refractivity contribution in [3.05, 3.63) is 53.3 Å². The van der Waals surface area contributed by atoms with Gasteiger partial charge in [0.2, 0.25) is 5.91 Å². The molecular weight excluding hydrogens is 330 g/mol. The van der Waals surface area contributed by atoms with Crippen molar-refractivity contribution in [3.8, 4) is 5.69 Å². The van der Waals surface area contributed by atoms with E-state index in [1.807, 2.05) is 35.2 Å². The summed E-state index contributed by atoms with van der Waals surface area (Å²) in [5.41, 5.74) is 5.53. The summed E-state index contributed by atoms with van der Waals surface area (Å²) in [6, 6.07) is 8.94. The zero-order valence-corrected chi connectivity index (χ0v) is 13.8. The molecule has 2 amide bonds. The quantitative estimate of drug-likeness (QED) is 0.885. The van der Waals surface area contributed by atoms with Crippen molar-refractivity contribution in [3.63, 3.8) is 0 Å². The van der Waals surface area contributed by atoms with Crippen LogP contribution in [-0.4, -0.2) is 35.1 Å². The molecule has 0 spiro atoms. The first kappa shape index (κ1) is 16.5. The number of nitrogens with zero attached hydrogens (tertiary/aromatic N) is 1. The molecular formula is C17H18ClN3O3. The third-order valence-electron chi connectivity index (χ3n) is 4.27. The lowest BCUT2D eigenvalue weighted by atomic mass is 9.89. The van der Waals surface area contributed by atoms with E-state index < -0.39 is 17.4 Å². The van der Waals surface area contributed by atoms with Crippen LogP contribution in [0.2, 0.25) is 5.02 Å². The standard InChI is InChI=1S/C17H18ClN3O3/c18-14-4-3-12(21-7-1-2-8-21)11-13(14)15(22)20-17(16(19)23)5-9-24-10-6-17/h1-4,7-8,11H,5-6,9-10H2,(H2,19,23)(H,20,22). The Bertz CT molecular complexity index is 752. The van der Waals surface area contributed by atoms with E-state index in [0.29, 0.717) is 36.6 Å². The van der Waals surface area contributed by atoms with Crippen LogP contribution in [0, 0.1) is 0 Å². The maximum Gasteiger partial charge on any atom is 0.253 e. The molecule has 1 saturated heterocycles. The van der Waals surface area contributed by atoms with Crippen LogP contribution >= 0.6 is 11.6 Å². The molecule has 1 aromatic heterocycles. The normalized spacial score (nSPS) is 16.5. The molecule has 6 nitrogen and oxygen atoms in total. The Kier molecular flexibility index (Phi) is 4.59.